The van der Waals surface area contributed by atoms with Crippen LogP contribution in [0.3, 0.4) is 0 Å². The standard InChI is InChI=1S/C17H18FN5O2/c1-19-5-7-25-15-3-2-14(18)8-12(15)9-20-16-4-6-23-17(22-16)13(11-24)10-21-23/h2-4,6,8,10-11,19H,5,7,9H2,1H3,(H,20,22). The summed E-state index contributed by atoms with van der Waals surface area (Å²) in [6, 6.07) is 6.14. The first-order valence-electron chi connectivity index (χ1n) is 7.80. The van der Waals surface area contributed by atoms with E-state index >= 15 is 0 Å². The summed E-state index contributed by atoms with van der Waals surface area (Å²) in [4.78, 5) is 15.4. The Balaban J connectivity index is 1.76. The highest BCUT2D eigenvalue weighted by Crippen LogP contribution is 2.21. The molecule has 0 aliphatic heterocycles. The maximum absolute atomic E-state index is 13.6. The van der Waals surface area contributed by atoms with E-state index in [0.717, 1.165) is 0 Å². The molecule has 130 valence electrons. The molecule has 8 heteroatoms. The van der Waals surface area contributed by atoms with Crippen LogP contribution in [0.2, 0.25) is 0 Å². The third-order valence-corrected chi connectivity index (χ3v) is 3.62. The lowest BCUT2D eigenvalue weighted by Crippen LogP contribution is -2.16. The molecule has 0 aliphatic carbocycles. The highest BCUT2D eigenvalue weighted by molar-refractivity contribution is 5.83. The smallest absolute Gasteiger partial charge is 0.167 e. The SMILES string of the molecule is CNCCOc1ccc(F)cc1CNc1ccn2ncc(C=O)c2n1. The molecule has 0 bridgehead atoms. The second kappa shape index (κ2) is 7.71. The molecular formula is C17H18FN5O2. The summed E-state index contributed by atoms with van der Waals surface area (Å²) in [5, 5.41) is 10.1. The molecule has 0 radical (unpaired) electrons. The van der Waals surface area contributed by atoms with Crippen molar-refractivity contribution in [1.82, 2.24) is 19.9 Å². The fraction of sp³-hybridized carbons (Fsp3) is 0.235. The first-order chi connectivity index (χ1) is 12.2. The van der Waals surface area contributed by atoms with E-state index in [2.05, 4.69) is 20.7 Å². The Morgan fingerprint density at radius 3 is 3.04 bits per heavy atom. The van der Waals surface area contributed by atoms with Crippen LogP contribution in [0.1, 0.15) is 15.9 Å². The molecule has 0 saturated carbocycles. The zero-order valence-electron chi connectivity index (χ0n) is 13.7. The number of hydrogen-bond donors (Lipinski definition) is 2. The summed E-state index contributed by atoms with van der Waals surface area (Å²) in [7, 11) is 1.84. The second-order valence-corrected chi connectivity index (χ2v) is 5.36. The van der Waals surface area contributed by atoms with Gasteiger partial charge in [-0.05, 0) is 31.3 Å². The van der Waals surface area contributed by atoms with Crippen LogP contribution in [0, 0.1) is 5.82 Å². The number of hydrogen-bond acceptors (Lipinski definition) is 6. The zero-order chi connectivity index (χ0) is 17.6. The summed E-state index contributed by atoms with van der Waals surface area (Å²) >= 11 is 0. The molecule has 0 atom stereocenters. The Labute approximate surface area is 143 Å². The molecule has 2 heterocycles. The van der Waals surface area contributed by atoms with Crippen molar-refractivity contribution in [2.24, 2.45) is 0 Å². The van der Waals surface area contributed by atoms with Gasteiger partial charge < -0.3 is 15.4 Å². The molecule has 7 nitrogen and oxygen atoms in total. The Morgan fingerprint density at radius 1 is 1.36 bits per heavy atom. The lowest BCUT2D eigenvalue weighted by molar-refractivity contribution is 0.112. The molecule has 3 rings (SSSR count). The van der Waals surface area contributed by atoms with Gasteiger partial charge in [0.05, 0.1) is 11.8 Å². The maximum Gasteiger partial charge on any atom is 0.167 e. The van der Waals surface area contributed by atoms with E-state index < -0.39 is 0 Å². The Morgan fingerprint density at radius 2 is 2.24 bits per heavy atom. The predicted molar refractivity (Wildman–Crippen MR) is 91.5 cm³/mol. The number of rotatable bonds is 8. The van der Waals surface area contributed by atoms with E-state index in [0.29, 0.717) is 54.3 Å². The third kappa shape index (κ3) is 3.92. The number of halogens is 1. The highest BCUT2D eigenvalue weighted by atomic mass is 19.1. The van der Waals surface area contributed by atoms with Gasteiger partial charge in [-0.1, -0.05) is 0 Å². The first kappa shape index (κ1) is 16.8. The number of fused-ring (bicyclic) bond motifs is 1. The minimum Gasteiger partial charge on any atom is -0.492 e. The largest absolute Gasteiger partial charge is 0.492 e. The lowest BCUT2D eigenvalue weighted by Gasteiger charge is -2.13. The van der Waals surface area contributed by atoms with Gasteiger partial charge >= 0.3 is 0 Å². The quantitative estimate of drug-likeness (QED) is 0.480. The van der Waals surface area contributed by atoms with E-state index in [1.807, 2.05) is 7.05 Å². The average molecular weight is 343 g/mol. The van der Waals surface area contributed by atoms with Crippen LogP contribution in [0.4, 0.5) is 10.2 Å². The van der Waals surface area contributed by atoms with E-state index in [4.69, 9.17) is 4.74 Å². The van der Waals surface area contributed by atoms with Crippen molar-refractivity contribution < 1.29 is 13.9 Å². The lowest BCUT2D eigenvalue weighted by atomic mass is 10.2. The number of benzene rings is 1. The maximum atomic E-state index is 13.6. The van der Waals surface area contributed by atoms with Crippen LogP contribution in [-0.2, 0) is 6.54 Å². The molecule has 0 unspecified atom stereocenters. The Hall–Kier alpha value is -3.00. The number of likely N-dealkylation sites (N-methyl/N-ethyl adjacent to an activating group) is 1. The molecule has 25 heavy (non-hydrogen) atoms. The number of ether oxygens (including phenoxy) is 1. The summed E-state index contributed by atoms with van der Waals surface area (Å²) in [6.45, 7) is 1.51. The highest BCUT2D eigenvalue weighted by Gasteiger charge is 2.08. The first-order valence-corrected chi connectivity index (χ1v) is 7.80. The van der Waals surface area contributed by atoms with Crippen molar-refractivity contribution in [1.29, 1.82) is 0 Å². The molecule has 0 aliphatic rings. The van der Waals surface area contributed by atoms with Crippen LogP contribution in [-0.4, -0.2) is 41.1 Å². The van der Waals surface area contributed by atoms with Crippen LogP contribution in [0.15, 0.2) is 36.7 Å². The molecule has 0 saturated heterocycles. The van der Waals surface area contributed by atoms with Gasteiger partial charge in [-0.25, -0.2) is 13.9 Å². The molecule has 3 aromatic rings. The van der Waals surface area contributed by atoms with E-state index in [1.165, 1.54) is 22.8 Å². The van der Waals surface area contributed by atoms with E-state index in [1.54, 1.807) is 18.3 Å². The summed E-state index contributed by atoms with van der Waals surface area (Å²) < 4.78 is 20.7. The fourth-order valence-electron chi connectivity index (χ4n) is 2.34. The minimum absolute atomic E-state index is 0.333. The zero-order valence-corrected chi connectivity index (χ0v) is 13.7. The number of carbonyl (C=O) groups is 1. The van der Waals surface area contributed by atoms with Crippen LogP contribution in [0.5, 0.6) is 5.75 Å². The summed E-state index contributed by atoms with van der Waals surface area (Å²) in [6.07, 6.45) is 3.87. The number of nitrogens with zero attached hydrogens (tertiary/aromatic N) is 3. The number of carbonyl (C=O) groups excluding carboxylic acids is 1. The van der Waals surface area contributed by atoms with Gasteiger partial charge in [-0.2, -0.15) is 5.10 Å². The van der Waals surface area contributed by atoms with Gasteiger partial charge in [0, 0.05) is 24.8 Å². The topological polar surface area (TPSA) is 80.5 Å². The Kier molecular flexibility index (Phi) is 5.20. The number of aldehydes is 1. The van der Waals surface area contributed by atoms with Gasteiger partial charge in [0.15, 0.2) is 11.9 Å². The number of nitrogens with one attached hydrogen (secondary N) is 2. The fourth-order valence-corrected chi connectivity index (χ4v) is 2.34. The third-order valence-electron chi connectivity index (χ3n) is 3.62. The molecular weight excluding hydrogens is 325 g/mol. The van der Waals surface area contributed by atoms with Gasteiger partial charge in [0.2, 0.25) is 0 Å². The average Bonchev–Trinajstić information content (AvgIpc) is 3.04. The second-order valence-electron chi connectivity index (χ2n) is 5.36. The van der Waals surface area contributed by atoms with Crippen molar-refractivity contribution >= 4 is 17.8 Å². The molecule has 0 amide bonds. The summed E-state index contributed by atoms with van der Waals surface area (Å²) in [5.74, 6) is 0.838. The van der Waals surface area contributed by atoms with Crippen molar-refractivity contribution in [3.05, 3.63) is 53.6 Å². The molecule has 1 aromatic carbocycles. The van der Waals surface area contributed by atoms with Gasteiger partial charge in [0.1, 0.15) is 24.0 Å². The normalized spacial score (nSPS) is 10.8. The van der Waals surface area contributed by atoms with Crippen molar-refractivity contribution in [2.45, 2.75) is 6.54 Å². The Bertz CT molecular complexity index is 881. The van der Waals surface area contributed by atoms with E-state index in [9.17, 15) is 9.18 Å². The van der Waals surface area contributed by atoms with E-state index in [-0.39, 0.29) is 5.82 Å². The van der Waals surface area contributed by atoms with Crippen LogP contribution >= 0.6 is 0 Å². The van der Waals surface area contributed by atoms with Gasteiger partial charge in [-0.3, -0.25) is 4.79 Å². The van der Waals surface area contributed by atoms with Gasteiger partial charge in [-0.15, -0.1) is 0 Å². The van der Waals surface area contributed by atoms with Crippen LogP contribution in [0.25, 0.3) is 5.65 Å². The molecule has 0 fully saturated rings. The van der Waals surface area contributed by atoms with Crippen molar-refractivity contribution in [3.63, 3.8) is 0 Å². The van der Waals surface area contributed by atoms with Gasteiger partial charge in [0.25, 0.3) is 0 Å². The molecule has 0 spiro atoms. The number of anilines is 1. The van der Waals surface area contributed by atoms with Crippen LogP contribution < -0.4 is 15.4 Å². The number of aromatic nitrogens is 3. The van der Waals surface area contributed by atoms with Crippen molar-refractivity contribution in [3.8, 4) is 5.75 Å². The minimum atomic E-state index is -0.333. The summed E-state index contributed by atoms with van der Waals surface area (Å²) in [5.41, 5.74) is 1.55. The predicted octanol–water partition coefficient (Wildman–Crippen LogP) is 1.89. The molecule has 2 aromatic heterocycles. The monoisotopic (exact) mass is 343 g/mol. The van der Waals surface area contributed by atoms with Crippen molar-refractivity contribution in [2.75, 3.05) is 25.5 Å². The molecule has 2 N–H and O–H groups in total.